The van der Waals surface area contributed by atoms with Gasteiger partial charge in [-0.05, 0) is 0 Å². The maximum absolute atomic E-state index is 8.97. The van der Waals surface area contributed by atoms with Crippen LogP contribution in [0.1, 0.15) is 0 Å². The van der Waals surface area contributed by atoms with E-state index in [1.807, 2.05) is 0 Å². The van der Waals surface area contributed by atoms with Crippen molar-refractivity contribution in [1.29, 1.82) is 0 Å². The van der Waals surface area contributed by atoms with Crippen LogP contribution in [0.5, 0.6) is 0 Å². The van der Waals surface area contributed by atoms with E-state index in [1.54, 1.807) is 18.9 Å². The number of hydrogen-bond acceptors (Lipinski definition) is 4. The zero-order chi connectivity index (χ0) is 7.82. The molecular weight excluding hydrogens is 150 g/mol. The minimum absolute atomic E-state index is 0.347. The molecule has 10 heavy (non-hydrogen) atoms. The van der Waals surface area contributed by atoms with Crippen LogP contribution in [0.2, 0.25) is 0 Å². The lowest BCUT2D eigenvalue weighted by molar-refractivity contribution is 0.206. The Labute approximate surface area is 65.9 Å². The number of aliphatic hydroxyl groups excluding tert-OH is 1. The van der Waals surface area contributed by atoms with E-state index in [9.17, 15) is 0 Å². The summed E-state index contributed by atoms with van der Waals surface area (Å²) in [7, 11) is 1.67. The van der Waals surface area contributed by atoms with E-state index in [4.69, 9.17) is 15.6 Å². The molecule has 0 aromatic rings. The van der Waals surface area contributed by atoms with Gasteiger partial charge in [-0.2, -0.15) is 11.8 Å². The van der Waals surface area contributed by atoms with Crippen LogP contribution in [0.3, 0.4) is 0 Å². The third kappa shape index (κ3) is 6.35. The summed E-state index contributed by atoms with van der Waals surface area (Å²) in [6.45, 7) is 1.09. The average molecular weight is 165 g/mol. The molecule has 0 saturated carbocycles. The summed E-state index contributed by atoms with van der Waals surface area (Å²) in [5, 5.41) is 8.97. The highest BCUT2D eigenvalue weighted by Gasteiger charge is 1.98. The quantitative estimate of drug-likeness (QED) is 0.530. The molecule has 0 aliphatic rings. The topological polar surface area (TPSA) is 55.5 Å². The molecule has 1 atom stereocenters. The second kappa shape index (κ2) is 7.34. The van der Waals surface area contributed by atoms with E-state index >= 15 is 0 Å². The van der Waals surface area contributed by atoms with Crippen LogP contribution in [0.4, 0.5) is 0 Å². The van der Waals surface area contributed by atoms with Gasteiger partial charge >= 0.3 is 0 Å². The van der Waals surface area contributed by atoms with E-state index < -0.39 is 0 Å². The highest BCUT2D eigenvalue weighted by molar-refractivity contribution is 7.99. The zero-order valence-corrected chi connectivity index (χ0v) is 7.06. The second-order valence-corrected chi connectivity index (χ2v) is 3.11. The molecule has 0 saturated heterocycles. The van der Waals surface area contributed by atoms with Crippen LogP contribution < -0.4 is 5.73 Å². The number of ether oxygens (including phenoxy) is 1. The van der Waals surface area contributed by atoms with Gasteiger partial charge in [-0.25, -0.2) is 0 Å². The summed E-state index contributed by atoms with van der Waals surface area (Å²) in [5.74, 6) is 1.63. The van der Waals surface area contributed by atoms with Crippen LogP contribution in [-0.4, -0.2) is 43.0 Å². The molecular formula is C6H15NO2S. The third-order valence-corrected chi connectivity index (χ3v) is 2.09. The average Bonchev–Trinajstić information content (AvgIpc) is 1.98. The first-order valence-corrected chi connectivity index (χ1v) is 4.41. The predicted octanol–water partition coefficient (Wildman–Crippen LogP) is -0.314. The van der Waals surface area contributed by atoms with Crippen molar-refractivity contribution >= 4 is 11.8 Å². The summed E-state index contributed by atoms with van der Waals surface area (Å²) < 4.78 is 4.82. The summed E-state index contributed by atoms with van der Waals surface area (Å²) in [6.07, 6.45) is -0.359. The van der Waals surface area contributed by atoms with Crippen molar-refractivity contribution in [2.75, 3.05) is 31.8 Å². The molecule has 0 aliphatic carbocycles. The molecule has 0 aromatic carbocycles. The van der Waals surface area contributed by atoms with Crippen LogP contribution in [0.15, 0.2) is 0 Å². The highest BCUT2D eigenvalue weighted by Crippen LogP contribution is 2.01. The first-order chi connectivity index (χ1) is 4.81. The van der Waals surface area contributed by atoms with Crippen molar-refractivity contribution in [1.82, 2.24) is 0 Å². The number of aliphatic hydroxyl groups is 1. The molecule has 62 valence electrons. The van der Waals surface area contributed by atoms with Gasteiger partial charge in [-0.15, -0.1) is 0 Å². The van der Waals surface area contributed by atoms with Crippen molar-refractivity contribution in [3.8, 4) is 0 Å². The minimum Gasteiger partial charge on any atom is -0.391 e. The standard InChI is InChI=1S/C6H15NO2S/c1-9-2-3-10-5-6(8)4-7/h6,8H,2-5,7H2,1H3. The van der Waals surface area contributed by atoms with E-state index in [-0.39, 0.29) is 6.10 Å². The van der Waals surface area contributed by atoms with Crippen LogP contribution in [0.25, 0.3) is 0 Å². The van der Waals surface area contributed by atoms with Crippen molar-refractivity contribution < 1.29 is 9.84 Å². The van der Waals surface area contributed by atoms with E-state index in [0.29, 0.717) is 12.3 Å². The Morgan fingerprint density at radius 1 is 1.70 bits per heavy atom. The fraction of sp³-hybridized carbons (Fsp3) is 1.00. The molecule has 0 radical (unpaired) electrons. The maximum Gasteiger partial charge on any atom is 0.0752 e. The Hall–Kier alpha value is 0.230. The van der Waals surface area contributed by atoms with Gasteiger partial charge in [0.2, 0.25) is 0 Å². The fourth-order valence-electron chi connectivity index (χ4n) is 0.430. The van der Waals surface area contributed by atoms with Gasteiger partial charge in [0, 0.05) is 25.2 Å². The third-order valence-electron chi connectivity index (χ3n) is 1.01. The van der Waals surface area contributed by atoms with E-state index in [2.05, 4.69) is 0 Å². The highest BCUT2D eigenvalue weighted by atomic mass is 32.2. The summed E-state index contributed by atoms with van der Waals surface area (Å²) in [6, 6.07) is 0. The molecule has 0 amide bonds. The predicted molar refractivity (Wildman–Crippen MR) is 44.3 cm³/mol. The molecule has 0 bridgehead atoms. The first kappa shape index (κ1) is 10.2. The number of thioether (sulfide) groups is 1. The number of rotatable bonds is 6. The molecule has 0 aromatic heterocycles. The largest absolute Gasteiger partial charge is 0.391 e. The van der Waals surface area contributed by atoms with Crippen molar-refractivity contribution in [2.24, 2.45) is 5.73 Å². The molecule has 0 spiro atoms. The lowest BCUT2D eigenvalue weighted by Crippen LogP contribution is -2.22. The Balaban J connectivity index is 2.89. The Kier molecular flexibility index (Phi) is 7.51. The number of methoxy groups -OCH3 is 1. The minimum atomic E-state index is -0.359. The second-order valence-electron chi connectivity index (χ2n) is 1.96. The lowest BCUT2D eigenvalue weighted by Gasteiger charge is -2.05. The van der Waals surface area contributed by atoms with Crippen LogP contribution in [-0.2, 0) is 4.74 Å². The molecule has 3 nitrogen and oxygen atoms in total. The molecule has 1 unspecified atom stereocenters. The number of nitrogens with two attached hydrogens (primary N) is 1. The monoisotopic (exact) mass is 165 g/mol. The molecule has 3 N–H and O–H groups in total. The first-order valence-electron chi connectivity index (χ1n) is 3.26. The van der Waals surface area contributed by atoms with Crippen molar-refractivity contribution in [3.05, 3.63) is 0 Å². The Bertz CT molecular complexity index is 72.8. The van der Waals surface area contributed by atoms with Crippen molar-refractivity contribution in [2.45, 2.75) is 6.10 Å². The lowest BCUT2D eigenvalue weighted by atomic mass is 10.4. The summed E-state index contributed by atoms with van der Waals surface area (Å²) >= 11 is 1.66. The SMILES string of the molecule is COCCSCC(O)CN. The van der Waals surface area contributed by atoms with Gasteiger partial charge in [0.1, 0.15) is 0 Å². The smallest absolute Gasteiger partial charge is 0.0752 e. The summed E-state index contributed by atoms with van der Waals surface area (Å²) in [4.78, 5) is 0. The van der Waals surface area contributed by atoms with Gasteiger partial charge in [0.25, 0.3) is 0 Å². The van der Waals surface area contributed by atoms with Gasteiger partial charge in [0.05, 0.1) is 12.7 Å². The van der Waals surface area contributed by atoms with Gasteiger partial charge < -0.3 is 15.6 Å². The van der Waals surface area contributed by atoms with Crippen LogP contribution >= 0.6 is 11.8 Å². The van der Waals surface area contributed by atoms with Gasteiger partial charge in [-0.3, -0.25) is 0 Å². The molecule has 4 heteroatoms. The molecule has 0 heterocycles. The Morgan fingerprint density at radius 2 is 2.40 bits per heavy atom. The van der Waals surface area contributed by atoms with E-state index in [1.165, 1.54) is 0 Å². The fourth-order valence-corrected chi connectivity index (χ4v) is 1.29. The van der Waals surface area contributed by atoms with Gasteiger partial charge in [-0.1, -0.05) is 0 Å². The van der Waals surface area contributed by atoms with E-state index in [0.717, 1.165) is 12.4 Å². The molecule has 0 rings (SSSR count). The number of hydrogen-bond donors (Lipinski definition) is 2. The molecule has 0 aliphatic heterocycles. The molecule has 0 fully saturated rings. The summed E-state index contributed by atoms with van der Waals surface area (Å²) in [5.41, 5.74) is 5.19. The van der Waals surface area contributed by atoms with Crippen LogP contribution in [0, 0.1) is 0 Å². The maximum atomic E-state index is 8.97. The zero-order valence-electron chi connectivity index (χ0n) is 6.25. The van der Waals surface area contributed by atoms with Crippen molar-refractivity contribution in [3.63, 3.8) is 0 Å². The Morgan fingerprint density at radius 3 is 2.90 bits per heavy atom. The van der Waals surface area contributed by atoms with Gasteiger partial charge in [0.15, 0.2) is 0 Å². The normalized spacial score (nSPS) is 13.5.